The molecule has 1 aliphatic carbocycles. The molecule has 41 heavy (non-hydrogen) atoms. The number of rotatable bonds is 3. The first kappa shape index (κ1) is 24.0. The summed E-state index contributed by atoms with van der Waals surface area (Å²) in [6.07, 6.45) is 25.6. The molecule has 0 spiro atoms. The second-order valence-electron chi connectivity index (χ2n) is 11.9. The lowest BCUT2D eigenvalue weighted by Gasteiger charge is -2.26. The van der Waals surface area contributed by atoms with Gasteiger partial charge in [-0.3, -0.25) is 9.78 Å². The molecule has 4 aliphatic heterocycles. The number of pyridine rings is 1. The van der Waals surface area contributed by atoms with Crippen LogP contribution in [0, 0.1) is 11.3 Å². The van der Waals surface area contributed by atoms with Gasteiger partial charge in [-0.25, -0.2) is 14.7 Å². The SMILES string of the molecule is CC1(C)C(=O)C2(C3CC3)C=C3C=CC(=N3)C=c3ccc([nH]3)=CC3=NC(n4cc(-c5cccnc5)cn4)(C=C3)C=C1N2. The van der Waals surface area contributed by atoms with Crippen molar-refractivity contribution in [2.75, 3.05) is 0 Å². The molecular formula is C33H29N7O. The molecule has 1 saturated carbocycles. The highest BCUT2D eigenvalue weighted by Crippen LogP contribution is 2.52. The molecule has 0 amide bonds. The molecule has 8 heteroatoms. The van der Waals surface area contributed by atoms with Crippen molar-refractivity contribution < 1.29 is 4.79 Å². The molecule has 2 atom stereocenters. The Bertz CT molecular complexity index is 1930. The third kappa shape index (κ3) is 3.78. The summed E-state index contributed by atoms with van der Waals surface area (Å²) in [7, 11) is 0. The highest BCUT2D eigenvalue weighted by molar-refractivity contribution is 6.20. The van der Waals surface area contributed by atoms with Crippen LogP contribution in [-0.4, -0.2) is 42.5 Å². The molecule has 8 bridgehead atoms. The first-order valence-electron chi connectivity index (χ1n) is 14.0. The lowest BCUT2D eigenvalue weighted by atomic mass is 9.77. The second-order valence-corrected chi connectivity index (χ2v) is 11.9. The lowest BCUT2D eigenvalue weighted by molar-refractivity contribution is -0.127. The van der Waals surface area contributed by atoms with Gasteiger partial charge in [0.05, 0.1) is 28.7 Å². The third-order valence-electron chi connectivity index (χ3n) is 8.68. The quantitative estimate of drug-likeness (QED) is 0.533. The Labute approximate surface area is 237 Å². The summed E-state index contributed by atoms with van der Waals surface area (Å²) in [6, 6.07) is 8.00. The second kappa shape index (κ2) is 8.33. The highest BCUT2D eigenvalue weighted by Gasteiger charge is 2.60. The van der Waals surface area contributed by atoms with Crippen LogP contribution < -0.4 is 16.0 Å². The summed E-state index contributed by atoms with van der Waals surface area (Å²) in [5, 5.41) is 10.4. The third-order valence-corrected chi connectivity index (χ3v) is 8.68. The van der Waals surface area contributed by atoms with Crippen LogP contribution in [0.15, 0.2) is 107 Å². The molecule has 3 aromatic rings. The van der Waals surface area contributed by atoms with Crippen LogP contribution in [0.5, 0.6) is 0 Å². The zero-order chi connectivity index (χ0) is 27.8. The molecule has 2 N–H and O–H groups in total. The van der Waals surface area contributed by atoms with E-state index in [4.69, 9.17) is 15.1 Å². The van der Waals surface area contributed by atoms with Crippen LogP contribution in [0.4, 0.5) is 0 Å². The number of aromatic nitrogens is 4. The van der Waals surface area contributed by atoms with E-state index >= 15 is 0 Å². The van der Waals surface area contributed by atoms with Crippen molar-refractivity contribution in [3.05, 3.63) is 108 Å². The summed E-state index contributed by atoms with van der Waals surface area (Å²) in [4.78, 5) is 32.1. The van der Waals surface area contributed by atoms with Gasteiger partial charge in [0.25, 0.3) is 0 Å². The first-order valence-corrected chi connectivity index (χ1v) is 14.0. The van der Waals surface area contributed by atoms with Crippen molar-refractivity contribution in [1.29, 1.82) is 0 Å². The number of allylic oxidation sites excluding steroid dienone is 4. The maximum atomic E-state index is 14.3. The van der Waals surface area contributed by atoms with E-state index in [-0.39, 0.29) is 11.7 Å². The Kier molecular flexibility index (Phi) is 4.87. The van der Waals surface area contributed by atoms with Gasteiger partial charge in [-0.2, -0.15) is 5.10 Å². The molecule has 2 fully saturated rings. The average Bonchev–Trinajstić information content (AvgIpc) is 3.33. The van der Waals surface area contributed by atoms with Crippen LogP contribution in [0.2, 0.25) is 0 Å². The molecule has 202 valence electrons. The number of ketones is 1. The van der Waals surface area contributed by atoms with E-state index in [2.05, 4.69) is 21.4 Å². The Hall–Kier alpha value is -4.85. The summed E-state index contributed by atoms with van der Waals surface area (Å²) < 4.78 is 1.87. The number of aliphatic imine (C=N–C) groups is 2. The topological polar surface area (TPSA) is 100 Å². The predicted molar refractivity (Wildman–Crippen MR) is 159 cm³/mol. The zero-order valence-electron chi connectivity index (χ0n) is 22.9. The van der Waals surface area contributed by atoms with Gasteiger partial charge in [0.15, 0.2) is 11.4 Å². The molecule has 0 radical (unpaired) electrons. The van der Waals surface area contributed by atoms with E-state index in [9.17, 15) is 4.79 Å². The van der Waals surface area contributed by atoms with Crippen molar-refractivity contribution in [1.82, 2.24) is 25.1 Å². The maximum Gasteiger partial charge on any atom is 0.192 e. The van der Waals surface area contributed by atoms with E-state index in [1.54, 1.807) is 6.20 Å². The molecule has 3 aromatic heterocycles. The number of Topliss-reactive ketones (excluding diaryl/α,β-unsaturated/α-hetero) is 1. The van der Waals surface area contributed by atoms with Gasteiger partial charge in [0.2, 0.25) is 0 Å². The number of carbonyl (C=O) groups is 1. The van der Waals surface area contributed by atoms with Crippen molar-refractivity contribution in [2.45, 2.75) is 37.9 Å². The molecule has 0 aromatic carbocycles. The van der Waals surface area contributed by atoms with Gasteiger partial charge >= 0.3 is 0 Å². The standard InChI is InChI=1S/C33H29N7O/c1-31(2)29-17-32(40-20-22(19-35-40)21-4-3-13-34-18-21)12-11-27(38-32)15-26-8-7-24(36-26)14-25-9-10-28(37-25)16-33(39-29,30(31)41)23-5-6-23/h3-4,7-20,23,36,39H,5-6H2,1-2H3. The van der Waals surface area contributed by atoms with Crippen LogP contribution in [0.25, 0.3) is 23.3 Å². The minimum Gasteiger partial charge on any atom is -0.372 e. The Balaban J connectivity index is 1.36. The number of nitrogens with one attached hydrogen (secondary N) is 2. The van der Waals surface area contributed by atoms with Gasteiger partial charge in [-0.1, -0.05) is 6.07 Å². The van der Waals surface area contributed by atoms with Crippen molar-refractivity contribution >= 4 is 29.4 Å². The molecule has 8 nitrogen and oxygen atoms in total. The fourth-order valence-corrected chi connectivity index (χ4v) is 6.30. The Morgan fingerprint density at radius 3 is 2.56 bits per heavy atom. The highest BCUT2D eigenvalue weighted by atomic mass is 16.1. The van der Waals surface area contributed by atoms with E-state index < -0.39 is 16.6 Å². The number of aromatic amines is 1. The average molecular weight is 540 g/mol. The Morgan fingerprint density at radius 2 is 1.78 bits per heavy atom. The van der Waals surface area contributed by atoms with Crippen LogP contribution in [-0.2, 0) is 10.5 Å². The maximum absolute atomic E-state index is 14.3. The van der Waals surface area contributed by atoms with Gasteiger partial charge in [0.1, 0.15) is 5.54 Å². The van der Waals surface area contributed by atoms with Crippen LogP contribution in [0.1, 0.15) is 26.7 Å². The van der Waals surface area contributed by atoms with E-state index in [0.29, 0.717) is 0 Å². The first-order chi connectivity index (χ1) is 19.8. The minimum atomic E-state index is -0.962. The summed E-state index contributed by atoms with van der Waals surface area (Å²) in [6.45, 7) is 4.01. The fraction of sp³-hybridized carbons (Fsp3) is 0.242. The number of nitrogens with zero attached hydrogens (tertiary/aromatic N) is 5. The molecule has 7 heterocycles. The van der Waals surface area contributed by atoms with E-state index in [1.807, 2.05) is 104 Å². The minimum absolute atomic E-state index is 0.162. The van der Waals surface area contributed by atoms with Crippen molar-refractivity contribution in [2.24, 2.45) is 21.3 Å². The fourth-order valence-electron chi connectivity index (χ4n) is 6.30. The monoisotopic (exact) mass is 539 g/mol. The smallest absolute Gasteiger partial charge is 0.192 e. The number of hydrogen-bond donors (Lipinski definition) is 2. The van der Waals surface area contributed by atoms with Crippen LogP contribution >= 0.6 is 0 Å². The molecule has 1 saturated heterocycles. The zero-order valence-corrected chi connectivity index (χ0v) is 22.9. The molecule has 5 aliphatic rings. The van der Waals surface area contributed by atoms with Gasteiger partial charge in [-0.15, -0.1) is 0 Å². The number of hydrogen-bond acceptors (Lipinski definition) is 6. The number of H-pyrrole nitrogens is 1. The molecule has 2 unspecified atom stereocenters. The van der Waals surface area contributed by atoms with Crippen molar-refractivity contribution in [3.8, 4) is 11.1 Å². The Morgan fingerprint density at radius 1 is 0.951 bits per heavy atom. The van der Waals surface area contributed by atoms with Gasteiger partial charge in [-0.05, 0) is 99.4 Å². The normalized spacial score (nSPS) is 27.4. The molecular weight excluding hydrogens is 510 g/mol. The van der Waals surface area contributed by atoms with Gasteiger partial charge in [0, 0.05) is 46.1 Å². The van der Waals surface area contributed by atoms with Crippen molar-refractivity contribution in [3.63, 3.8) is 0 Å². The summed E-state index contributed by atoms with van der Waals surface area (Å²) in [5.74, 6) is 0.382. The molecule has 8 rings (SSSR count). The number of fused-ring (bicyclic) bond motifs is 6. The summed E-state index contributed by atoms with van der Waals surface area (Å²) >= 11 is 0. The summed E-state index contributed by atoms with van der Waals surface area (Å²) in [5.41, 5.74) is 2.67. The van der Waals surface area contributed by atoms with E-state index in [0.717, 1.165) is 57.5 Å². The van der Waals surface area contributed by atoms with Crippen LogP contribution in [0.3, 0.4) is 0 Å². The predicted octanol–water partition coefficient (Wildman–Crippen LogP) is 3.34. The largest absolute Gasteiger partial charge is 0.372 e. The number of carbonyl (C=O) groups excluding carboxylic acids is 1. The van der Waals surface area contributed by atoms with E-state index in [1.165, 1.54) is 0 Å². The van der Waals surface area contributed by atoms with Gasteiger partial charge < -0.3 is 10.3 Å². The lowest BCUT2D eigenvalue weighted by Crippen LogP contribution is -2.47.